The fourth-order valence-corrected chi connectivity index (χ4v) is 1.70. The third-order valence-corrected chi connectivity index (χ3v) is 2.48. The minimum Gasteiger partial charge on any atom is -0.469 e. The van der Waals surface area contributed by atoms with Gasteiger partial charge in [0.1, 0.15) is 5.76 Å². The van der Waals surface area contributed by atoms with Crippen LogP contribution in [0.4, 0.5) is 18.9 Å². The van der Waals surface area contributed by atoms with Gasteiger partial charge in [0, 0.05) is 30.3 Å². The third-order valence-electron chi connectivity index (χ3n) is 2.48. The number of rotatable bonds is 4. The normalized spacial score (nSPS) is 12.4. The van der Waals surface area contributed by atoms with Gasteiger partial charge in [-0.1, -0.05) is 0 Å². The van der Waals surface area contributed by atoms with Crippen molar-refractivity contribution in [3.05, 3.63) is 53.7 Å². The Hall–Kier alpha value is -1.91. The lowest BCUT2D eigenvalue weighted by Crippen LogP contribution is -2.18. The smallest absolute Gasteiger partial charge is 0.194 e. The number of hydrogen-bond acceptors (Lipinski definition) is 2. The second kappa shape index (κ2) is 5.16. The molecule has 1 N–H and O–H groups in total. The molecule has 18 heavy (non-hydrogen) atoms. The summed E-state index contributed by atoms with van der Waals surface area (Å²) in [6.07, 6.45) is 2.12. The fourth-order valence-electron chi connectivity index (χ4n) is 1.70. The zero-order valence-electron chi connectivity index (χ0n) is 9.71. The molecule has 0 saturated heterocycles. The number of anilines is 1. The summed E-state index contributed by atoms with van der Waals surface area (Å²) >= 11 is 0. The number of nitrogens with one attached hydrogen (secondary N) is 1. The SMILES string of the molecule is CC(Cc1ccco1)Nc1cc(F)c(F)c(F)c1. The van der Waals surface area contributed by atoms with E-state index in [1.54, 1.807) is 12.3 Å². The average Bonchev–Trinajstić information content (AvgIpc) is 2.78. The highest BCUT2D eigenvalue weighted by molar-refractivity contribution is 5.45. The van der Waals surface area contributed by atoms with Gasteiger partial charge in [-0.25, -0.2) is 13.2 Å². The summed E-state index contributed by atoms with van der Waals surface area (Å²) < 4.78 is 43.9. The van der Waals surface area contributed by atoms with E-state index < -0.39 is 17.5 Å². The summed E-state index contributed by atoms with van der Waals surface area (Å²) in [6.45, 7) is 1.84. The van der Waals surface area contributed by atoms with Crippen LogP contribution in [0.3, 0.4) is 0 Å². The summed E-state index contributed by atoms with van der Waals surface area (Å²) in [5, 5.41) is 2.88. The molecule has 0 amide bonds. The van der Waals surface area contributed by atoms with Gasteiger partial charge in [-0.2, -0.15) is 0 Å². The van der Waals surface area contributed by atoms with E-state index in [-0.39, 0.29) is 11.7 Å². The molecule has 96 valence electrons. The van der Waals surface area contributed by atoms with Gasteiger partial charge < -0.3 is 9.73 Å². The molecular formula is C13H12F3NO. The van der Waals surface area contributed by atoms with E-state index in [0.717, 1.165) is 17.9 Å². The van der Waals surface area contributed by atoms with Crippen LogP contribution in [0, 0.1) is 17.5 Å². The van der Waals surface area contributed by atoms with Crippen molar-refractivity contribution in [1.29, 1.82) is 0 Å². The fraction of sp³-hybridized carbons (Fsp3) is 0.231. The predicted molar refractivity (Wildman–Crippen MR) is 61.8 cm³/mol. The van der Waals surface area contributed by atoms with Crippen LogP contribution in [0.1, 0.15) is 12.7 Å². The Kier molecular flexibility index (Phi) is 3.60. The molecule has 1 unspecified atom stereocenters. The van der Waals surface area contributed by atoms with Crippen molar-refractivity contribution >= 4 is 5.69 Å². The molecular weight excluding hydrogens is 243 g/mol. The van der Waals surface area contributed by atoms with Crippen molar-refractivity contribution in [2.45, 2.75) is 19.4 Å². The first kappa shape index (κ1) is 12.5. The van der Waals surface area contributed by atoms with Gasteiger partial charge in [0.2, 0.25) is 0 Å². The summed E-state index contributed by atoms with van der Waals surface area (Å²) in [6, 6.07) is 5.33. The maximum atomic E-state index is 13.0. The van der Waals surface area contributed by atoms with E-state index >= 15 is 0 Å². The Morgan fingerprint density at radius 3 is 2.44 bits per heavy atom. The molecule has 0 radical (unpaired) electrons. The molecule has 2 nitrogen and oxygen atoms in total. The van der Waals surface area contributed by atoms with E-state index in [9.17, 15) is 13.2 Å². The molecule has 1 aromatic carbocycles. The second-order valence-corrected chi connectivity index (χ2v) is 4.08. The molecule has 1 heterocycles. The van der Waals surface area contributed by atoms with E-state index in [1.807, 2.05) is 13.0 Å². The molecule has 0 aliphatic heterocycles. The topological polar surface area (TPSA) is 25.2 Å². The van der Waals surface area contributed by atoms with Crippen molar-refractivity contribution in [3.8, 4) is 0 Å². The minimum absolute atomic E-state index is 0.0968. The highest BCUT2D eigenvalue weighted by atomic mass is 19.2. The average molecular weight is 255 g/mol. The van der Waals surface area contributed by atoms with Crippen LogP contribution in [0.25, 0.3) is 0 Å². The Bertz CT molecular complexity index is 502. The van der Waals surface area contributed by atoms with Gasteiger partial charge >= 0.3 is 0 Å². The van der Waals surface area contributed by atoms with Crippen molar-refractivity contribution in [2.24, 2.45) is 0 Å². The molecule has 0 saturated carbocycles. The van der Waals surface area contributed by atoms with Crippen LogP contribution in [0.15, 0.2) is 34.9 Å². The first-order valence-corrected chi connectivity index (χ1v) is 5.49. The van der Waals surface area contributed by atoms with Gasteiger partial charge in [-0.3, -0.25) is 0 Å². The lowest BCUT2D eigenvalue weighted by Gasteiger charge is -2.14. The number of hydrogen-bond donors (Lipinski definition) is 1. The van der Waals surface area contributed by atoms with E-state index in [0.29, 0.717) is 6.42 Å². The molecule has 0 aliphatic rings. The minimum atomic E-state index is -1.46. The van der Waals surface area contributed by atoms with Crippen LogP contribution in [0.5, 0.6) is 0 Å². The summed E-state index contributed by atoms with van der Waals surface area (Å²) in [5.74, 6) is -3.11. The Morgan fingerprint density at radius 2 is 1.89 bits per heavy atom. The third kappa shape index (κ3) is 2.85. The number of halogens is 3. The molecule has 1 aromatic heterocycles. The largest absolute Gasteiger partial charge is 0.469 e. The highest BCUT2D eigenvalue weighted by Crippen LogP contribution is 2.18. The van der Waals surface area contributed by atoms with Crippen molar-refractivity contribution in [3.63, 3.8) is 0 Å². The standard InChI is InChI=1S/C13H12F3NO/c1-8(5-10-3-2-4-18-10)17-9-6-11(14)13(16)12(15)7-9/h2-4,6-8,17H,5H2,1H3. The van der Waals surface area contributed by atoms with Crippen LogP contribution >= 0.6 is 0 Å². The van der Waals surface area contributed by atoms with Gasteiger partial charge in [0.05, 0.1) is 6.26 Å². The second-order valence-electron chi connectivity index (χ2n) is 4.08. The zero-order chi connectivity index (χ0) is 13.1. The van der Waals surface area contributed by atoms with Gasteiger partial charge in [-0.05, 0) is 19.1 Å². The molecule has 0 bridgehead atoms. The van der Waals surface area contributed by atoms with Crippen LogP contribution in [0.2, 0.25) is 0 Å². The Morgan fingerprint density at radius 1 is 1.22 bits per heavy atom. The van der Waals surface area contributed by atoms with E-state index in [4.69, 9.17) is 4.42 Å². The summed E-state index contributed by atoms with van der Waals surface area (Å²) in [4.78, 5) is 0. The van der Waals surface area contributed by atoms with Crippen molar-refractivity contribution < 1.29 is 17.6 Å². The number of benzene rings is 1. The quantitative estimate of drug-likeness (QED) is 0.842. The lowest BCUT2D eigenvalue weighted by atomic mass is 10.2. The maximum Gasteiger partial charge on any atom is 0.194 e. The first-order valence-electron chi connectivity index (χ1n) is 5.49. The predicted octanol–water partition coefficient (Wildman–Crippen LogP) is 3.74. The molecule has 0 fully saturated rings. The maximum absolute atomic E-state index is 13.0. The molecule has 2 aromatic rings. The van der Waals surface area contributed by atoms with Gasteiger partial charge in [0.15, 0.2) is 17.5 Å². The van der Waals surface area contributed by atoms with Crippen molar-refractivity contribution in [1.82, 2.24) is 0 Å². The zero-order valence-corrected chi connectivity index (χ0v) is 9.71. The Balaban J connectivity index is 2.05. The lowest BCUT2D eigenvalue weighted by molar-refractivity contribution is 0.447. The van der Waals surface area contributed by atoms with Crippen LogP contribution in [-0.4, -0.2) is 6.04 Å². The van der Waals surface area contributed by atoms with Crippen molar-refractivity contribution in [2.75, 3.05) is 5.32 Å². The molecule has 5 heteroatoms. The van der Waals surface area contributed by atoms with Crippen LogP contribution in [-0.2, 0) is 6.42 Å². The molecule has 0 aliphatic carbocycles. The van der Waals surface area contributed by atoms with Gasteiger partial charge in [-0.15, -0.1) is 0 Å². The van der Waals surface area contributed by atoms with E-state index in [1.165, 1.54) is 0 Å². The summed E-state index contributed by atoms with van der Waals surface area (Å²) in [7, 11) is 0. The Labute approximate surface area is 102 Å². The molecule has 1 atom stereocenters. The highest BCUT2D eigenvalue weighted by Gasteiger charge is 2.12. The number of furan rings is 1. The first-order chi connectivity index (χ1) is 8.56. The van der Waals surface area contributed by atoms with Crippen LogP contribution < -0.4 is 5.32 Å². The summed E-state index contributed by atoms with van der Waals surface area (Å²) in [5.41, 5.74) is 0.199. The molecule has 0 spiro atoms. The molecule has 2 rings (SSSR count). The van der Waals surface area contributed by atoms with E-state index in [2.05, 4.69) is 5.32 Å². The van der Waals surface area contributed by atoms with Gasteiger partial charge in [0.25, 0.3) is 0 Å². The monoisotopic (exact) mass is 255 g/mol.